The summed E-state index contributed by atoms with van der Waals surface area (Å²) in [5.41, 5.74) is -2.69. The number of ether oxygens (including phenoxy) is 2. The highest BCUT2D eigenvalue weighted by molar-refractivity contribution is 5.96. The van der Waals surface area contributed by atoms with Crippen molar-refractivity contribution in [2.75, 3.05) is 6.61 Å². The molecule has 0 spiro atoms. The van der Waals surface area contributed by atoms with Gasteiger partial charge in [-0.3, -0.25) is 0 Å². The molecular formula is C12H8F5NO3. The number of carbonyl (C=O) groups excluding carboxylic acids is 1. The van der Waals surface area contributed by atoms with Gasteiger partial charge in [-0.2, -0.15) is 5.26 Å². The summed E-state index contributed by atoms with van der Waals surface area (Å²) in [5, 5.41) is 8.81. The standard InChI is InChI=1S/C12H8F5NO3/c1-2-20-11(19)8-6(5-18)3-4-7(10(13)14)9(8)21-12(15,16)17/h3-4,10H,2H2,1H3. The molecule has 0 unspecified atom stereocenters. The maximum atomic E-state index is 12.8. The third kappa shape index (κ3) is 4.05. The first-order chi connectivity index (χ1) is 9.71. The van der Waals surface area contributed by atoms with Crippen LogP contribution in [0.25, 0.3) is 0 Å². The number of nitrogens with zero attached hydrogens (tertiary/aromatic N) is 1. The number of carbonyl (C=O) groups is 1. The topological polar surface area (TPSA) is 59.3 Å². The normalized spacial score (nSPS) is 11.1. The van der Waals surface area contributed by atoms with Crippen LogP contribution in [0, 0.1) is 11.3 Å². The molecule has 4 nitrogen and oxygen atoms in total. The van der Waals surface area contributed by atoms with Gasteiger partial charge in [-0.25, -0.2) is 13.6 Å². The van der Waals surface area contributed by atoms with Crippen LogP contribution in [0.2, 0.25) is 0 Å². The molecular weight excluding hydrogens is 301 g/mol. The summed E-state index contributed by atoms with van der Waals surface area (Å²) in [6, 6.07) is 2.83. The number of hydrogen-bond acceptors (Lipinski definition) is 4. The minimum Gasteiger partial charge on any atom is -0.462 e. The highest BCUT2D eigenvalue weighted by atomic mass is 19.4. The van der Waals surface area contributed by atoms with Crippen molar-refractivity contribution in [3.63, 3.8) is 0 Å². The smallest absolute Gasteiger partial charge is 0.462 e. The number of hydrogen-bond donors (Lipinski definition) is 0. The Morgan fingerprint density at radius 1 is 1.38 bits per heavy atom. The third-order valence-corrected chi connectivity index (χ3v) is 2.24. The van der Waals surface area contributed by atoms with E-state index < -0.39 is 41.2 Å². The molecule has 0 aliphatic rings. The first-order valence-electron chi connectivity index (χ1n) is 5.49. The van der Waals surface area contributed by atoms with Crippen molar-refractivity contribution in [1.82, 2.24) is 0 Å². The number of nitriles is 1. The number of halogens is 5. The van der Waals surface area contributed by atoms with Gasteiger partial charge in [0.1, 0.15) is 11.6 Å². The molecule has 0 saturated carbocycles. The van der Waals surface area contributed by atoms with Gasteiger partial charge in [0.05, 0.1) is 17.7 Å². The Bertz CT molecular complexity index is 577. The minimum atomic E-state index is -5.31. The number of benzene rings is 1. The molecule has 114 valence electrons. The fraction of sp³-hybridized carbons (Fsp3) is 0.333. The summed E-state index contributed by atoms with van der Waals surface area (Å²) in [6.45, 7) is 1.15. The van der Waals surface area contributed by atoms with Crippen molar-refractivity contribution < 1.29 is 36.2 Å². The highest BCUT2D eigenvalue weighted by Crippen LogP contribution is 2.37. The van der Waals surface area contributed by atoms with Gasteiger partial charge in [0.15, 0.2) is 5.75 Å². The fourth-order valence-electron chi connectivity index (χ4n) is 1.50. The van der Waals surface area contributed by atoms with Crippen LogP contribution in [-0.2, 0) is 4.74 Å². The molecule has 0 heterocycles. The lowest BCUT2D eigenvalue weighted by Crippen LogP contribution is -2.21. The number of esters is 1. The summed E-state index contributed by atoms with van der Waals surface area (Å²) in [7, 11) is 0. The monoisotopic (exact) mass is 309 g/mol. The maximum Gasteiger partial charge on any atom is 0.573 e. The van der Waals surface area contributed by atoms with E-state index in [1.54, 1.807) is 0 Å². The zero-order chi connectivity index (χ0) is 16.2. The molecule has 0 aromatic heterocycles. The van der Waals surface area contributed by atoms with Crippen molar-refractivity contribution in [2.24, 2.45) is 0 Å². The van der Waals surface area contributed by atoms with E-state index in [1.165, 1.54) is 13.0 Å². The average Bonchev–Trinajstić information content (AvgIpc) is 2.35. The van der Waals surface area contributed by atoms with Gasteiger partial charge in [-0.15, -0.1) is 13.2 Å². The van der Waals surface area contributed by atoms with E-state index in [9.17, 15) is 26.7 Å². The van der Waals surface area contributed by atoms with Crippen molar-refractivity contribution >= 4 is 5.97 Å². The molecule has 0 atom stereocenters. The zero-order valence-electron chi connectivity index (χ0n) is 10.5. The second-order valence-electron chi connectivity index (χ2n) is 3.59. The van der Waals surface area contributed by atoms with Crippen LogP contribution in [0.1, 0.15) is 34.8 Å². The summed E-state index contributed by atoms with van der Waals surface area (Å²) in [5.74, 6) is -2.77. The first-order valence-corrected chi connectivity index (χ1v) is 5.49. The minimum absolute atomic E-state index is 0.214. The zero-order valence-corrected chi connectivity index (χ0v) is 10.5. The lowest BCUT2D eigenvalue weighted by molar-refractivity contribution is -0.275. The van der Waals surface area contributed by atoms with Gasteiger partial charge in [-0.05, 0) is 19.1 Å². The highest BCUT2D eigenvalue weighted by Gasteiger charge is 2.37. The van der Waals surface area contributed by atoms with Crippen molar-refractivity contribution in [3.05, 3.63) is 28.8 Å². The molecule has 1 rings (SSSR count). The molecule has 9 heteroatoms. The lowest BCUT2D eigenvalue weighted by Gasteiger charge is -2.17. The van der Waals surface area contributed by atoms with Crippen molar-refractivity contribution in [3.8, 4) is 11.8 Å². The first kappa shape index (κ1) is 16.7. The molecule has 0 amide bonds. The molecule has 1 aromatic rings. The summed E-state index contributed by atoms with van der Waals surface area (Å²) < 4.78 is 70.6. The fourth-order valence-corrected chi connectivity index (χ4v) is 1.50. The Morgan fingerprint density at radius 3 is 2.43 bits per heavy atom. The summed E-state index contributed by atoms with van der Waals surface area (Å²) in [4.78, 5) is 11.6. The van der Waals surface area contributed by atoms with Crippen molar-refractivity contribution in [2.45, 2.75) is 19.7 Å². The van der Waals surface area contributed by atoms with Gasteiger partial charge in [0.25, 0.3) is 6.43 Å². The Hall–Kier alpha value is -2.37. The van der Waals surface area contributed by atoms with Crippen molar-refractivity contribution in [1.29, 1.82) is 5.26 Å². The molecule has 0 aliphatic carbocycles. The maximum absolute atomic E-state index is 12.8. The second kappa shape index (κ2) is 6.39. The van der Waals surface area contributed by atoms with E-state index in [-0.39, 0.29) is 6.61 Å². The average molecular weight is 309 g/mol. The van der Waals surface area contributed by atoms with Crippen LogP contribution < -0.4 is 4.74 Å². The Morgan fingerprint density at radius 2 is 2.00 bits per heavy atom. The predicted molar refractivity (Wildman–Crippen MR) is 58.8 cm³/mol. The van der Waals surface area contributed by atoms with Gasteiger partial charge in [-0.1, -0.05) is 0 Å². The van der Waals surface area contributed by atoms with E-state index in [0.717, 1.165) is 6.07 Å². The number of rotatable bonds is 4. The largest absolute Gasteiger partial charge is 0.573 e. The third-order valence-electron chi connectivity index (χ3n) is 2.24. The molecule has 0 bridgehead atoms. The van der Waals surface area contributed by atoms with Gasteiger partial charge in [0, 0.05) is 0 Å². The molecule has 0 aliphatic heterocycles. The second-order valence-corrected chi connectivity index (χ2v) is 3.59. The lowest BCUT2D eigenvalue weighted by atomic mass is 10.0. The molecule has 0 fully saturated rings. The Labute approximate surface area is 115 Å². The summed E-state index contributed by atoms with van der Waals surface area (Å²) >= 11 is 0. The van der Waals surface area contributed by atoms with Gasteiger partial charge in [0.2, 0.25) is 0 Å². The van der Waals surface area contributed by atoms with Crippen LogP contribution in [0.5, 0.6) is 5.75 Å². The molecule has 0 radical (unpaired) electrons. The van der Waals surface area contributed by atoms with Crippen LogP contribution in [-0.4, -0.2) is 18.9 Å². The Balaban J connectivity index is 3.58. The van der Waals surface area contributed by atoms with E-state index in [1.807, 2.05) is 0 Å². The van der Waals surface area contributed by atoms with Gasteiger partial charge < -0.3 is 9.47 Å². The molecule has 0 saturated heterocycles. The molecule has 1 aromatic carbocycles. The molecule has 21 heavy (non-hydrogen) atoms. The van der Waals surface area contributed by atoms with Gasteiger partial charge >= 0.3 is 12.3 Å². The van der Waals surface area contributed by atoms with Crippen LogP contribution >= 0.6 is 0 Å². The van der Waals surface area contributed by atoms with Crippen LogP contribution in [0.4, 0.5) is 22.0 Å². The SMILES string of the molecule is CCOC(=O)c1c(C#N)ccc(C(F)F)c1OC(F)(F)F. The Kier molecular flexibility index (Phi) is 5.07. The quantitative estimate of drug-likeness (QED) is 0.630. The van der Waals surface area contributed by atoms with E-state index in [0.29, 0.717) is 6.07 Å². The number of alkyl halides is 5. The van der Waals surface area contributed by atoms with E-state index >= 15 is 0 Å². The molecule has 0 N–H and O–H groups in total. The van der Waals surface area contributed by atoms with E-state index in [4.69, 9.17) is 5.26 Å². The van der Waals surface area contributed by atoms with Crippen LogP contribution in [0.3, 0.4) is 0 Å². The predicted octanol–water partition coefficient (Wildman–Crippen LogP) is 3.57. The van der Waals surface area contributed by atoms with E-state index in [2.05, 4.69) is 9.47 Å². The van der Waals surface area contributed by atoms with Crippen LogP contribution in [0.15, 0.2) is 12.1 Å². The summed E-state index contributed by atoms with van der Waals surface area (Å²) in [6.07, 6.45) is -8.64.